The lowest BCUT2D eigenvalue weighted by Gasteiger charge is -2.29. The predicted molar refractivity (Wildman–Crippen MR) is 105 cm³/mol. The fourth-order valence-corrected chi connectivity index (χ4v) is 3.10. The Hall–Kier alpha value is -2.37. The molecule has 0 aliphatic carbocycles. The summed E-state index contributed by atoms with van der Waals surface area (Å²) in [6.07, 6.45) is 0. The second kappa shape index (κ2) is 9.36. The third-order valence-electron chi connectivity index (χ3n) is 4.59. The molecule has 26 heavy (non-hydrogen) atoms. The van der Waals surface area contributed by atoms with Crippen LogP contribution in [0.1, 0.15) is 12.5 Å². The number of ether oxygens (including phenoxy) is 1. The number of benzene rings is 2. The first-order chi connectivity index (χ1) is 12.7. The van der Waals surface area contributed by atoms with Crippen LogP contribution in [0.4, 0.5) is 11.4 Å². The number of morpholine rings is 1. The number of hydrogen-bond acceptors (Lipinski definition) is 4. The van der Waals surface area contributed by atoms with E-state index in [1.807, 2.05) is 30.3 Å². The van der Waals surface area contributed by atoms with Crippen molar-refractivity contribution in [3.8, 4) is 0 Å². The highest BCUT2D eigenvalue weighted by atomic mass is 16.5. The summed E-state index contributed by atoms with van der Waals surface area (Å²) < 4.78 is 5.38. The molecule has 5 heteroatoms. The molecule has 0 spiro atoms. The number of carbonyl (C=O) groups excluding carboxylic acids is 1. The summed E-state index contributed by atoms with van der Waals surface area (Å²) in [5.41, 5.74) is 3.23. The van der Waals surface area contributed by atoms with Gasteiger partial charge in [-0.25, -0.2) is 0 Å². The lowest BCUT2D eigenvalue weighted by atomic mass is 10.2. The Bertz CT molecular complexity index is 682. The van der Waals surface area contributed by atoms with E-state index in [2.05, 4.69) is 46.3 Å². The van der Waals surface area contributed by atoms with Gasteiger partial charge >= 0.3 is 0 Å². The van der Waals surface area contributed by atoms with Crippen molar-refractivity contribution in [2.75, 3.05) is 49.6 Å². The van der Waals surface area contributed by atoms with Crippen molar-refractivity contribution in [1.29, 1.82) is 0 Å². The van der Waals surface area contributed by atoms with Crippen LogP contribution in [-0.4, -0.2) is 50.2 Å². The summed E-state index contributed by atoms with van der Waals surface area (Å²) in [4.78, 5) is 16.8. The summed E-state index contributed by atoms with van der Waals surface area (Å²) in [7, 11) is 0. The third-order valence-corrected chi connectivity index (χ3v) is 4.59. The fourth-order valence-electron chi connectivity index (χ4n) is 3.10. The Morgan fingerprint density at radius 1 is 1.08 bits per heavy atom. The van der Waals surface area contributed by atoms with Crippen molar-refractivity contribution in [2.45, 2.75) is 13.5 Å². The van der Waals surface area contributed by atoms with Gasteiger partial charge in [-0.2, -0.15) is 0 Å². The van der Waals surface area contributed by atoms with Gasteiger partial charge in [0.25, 0.3) is 0 Å². The van der Waals surface area contributed by atoms with Gasteiger partial charge < -0.3 is 15.0 Å². The standard InChI is InChI=1S/C21H27N3O2/c1-2-23(16-18-6-4-3-5-7-18)17-21(25)22-19-8-10-20(11-9-19)24-12-14-26-15-13-24/h3-11H,2,12-17H2,1H3,(H,22,25). The van der Waals surface area contributed by atoms with Crippen LogP contribution >= 0.6 is 0 Å². The molecule has 2 aromatic carbocycles. The van der Waals surface area contributed by atoms with Gasteiger partial charge in [-0.05, 0) is 36.4 Å². The minimum atomic E-state index is 0.0157. The molecular weight excluding hydrogens is 326 g/mol. The molecule has 1 saturated heterocycles. The second-order valence-electron chi connectivity index (χ2n) is 6.48. The van der Waals surface area contributed by atoms with Crippen LogP contribution in [0.25, 0.3) is 0 Å². The number of likely N-dealkylation sites (N-methyl/N-ethyl adjacent to an activating group) is 1. The van der Waals surface area contributed by atoms with E-state index in [1.165, 1.54) is 11.3 Å². The molecule has 0 atom stereocenters. The van der Waals surface area contributed by atoms with Gasteiger partial charge in [0.2, 0.25) is 5.91 Å². The van der Waals surface area contributed by atoms with E-state index in [4.69, 9.17) is 4.74 Å². The van der Waals surface area contributed by atoms with E-state index in [0.717, 1.165) is 45.1 Å². The Balaban J connectivity index is 1.51. The highest BCUT2D eigenvalue weighted by Crippen LogP contribution is 2.19. The molecule has 1 amide bonds. The van der Waals surface area contributed by atoms with E-state index in [9.17, 15) is 4.79 Å². The summed E-state index contributed by atoms with van der Waals surface area (Å²) in [6.45, 7) is 7.44. The van der Waals surface area contributed by atoms with Crippen LogP contribution in [-0.2, 0) is 16.1 Å². The predicted octanol–water partition coefficient (Wildman–Crippen LogP) is 2.98. The van der Waals surface area contributed by atoms with Crippen molar-refractivity contribution in [3.05, 3.63) is 60.2 Å². The number of carbonyl (C=O) groups is 1. The smallest absolute Gasteiger partial charge is 0.238 e. The van der Waals surface area contributed by atoms with Gasteiger partial charge in [-0.15, -0.1) is 0 Å². The van der Waals surface area contributed by atoms with Gasteiger partial charge in [0.15, 0.2) is 0 Å². The van der Waals surface area contributed by atoms with E-state index in [0.29, 0.717) is 6.54 Å². The molecule has 0 aromatic heterocycles. The van der Waals surface area contributed by atoms with Gasteiger partial charge in [0.05, 0.1) is 19.8 Å². The molecule has 138 valence electrons. The minimum Gasteiger partial charge on any atom is -0.378 e. The molecule has 3 rings (SSSR count). The molecule has 2 aromatic rings. The SMILES string of the molecule is CCN(CC(=O)Nc1ccc(N2CCOCC2)cc1)Cc1ccccc1. The molecule has 1 heterocycles. The highest BCUT2D eigenvalue weighted by Gasteiger charge is 2.12. The quantitative estimate of drug-likeness (QED) is 0.831. The van der Waals surface area contributed by atoms with Gasteiger partial charge in [-0.1, -0.05) is 37.3 Å². The van der Waals surface area contributed by atoms with E-state index in [-0.39, 0.29) is 5.91 Å². The zero-order valence-electron chi connectivity index (χ0n) is 15.4. The number of nitrogens with one attached hydrogen (secondary N) is 1. The summed E-state index contributed by atoms with van der Waals surface area (Å²) in [5.74, 6) is 0.0157. The maximum absolute atomic E-state index is 12.4. The van der Waals surface area contributed by atoms with Crippen molar-refractivity contribution >= 4 is 17.3 Å². The molecule has 0 unspecified atom stereocenters. The maximum atomic E-state index is 12.4. The summed E-state index contributed by atoms with van der Waals surface area (Å²) in [5, 5.41) is 3.00. The first-order valence-corrected chi connectivity index (χ1v) is 9.23. The van der Waals surface area contributed by atoms with Crippen LogP contribution in [0, 0.1) is 0 Å². The van der Waals surface area contributed by atoms with Crippen molar-refractivity contribution in [2.24, 2.45) is 0 Å². The topological polar surface area (TPSA) is 44.8 Å². The lowest BCUT2D eigenvalue weighted by Crippen LogP contribution is -2.36. The van der Waals surface area contributed by atoms with Gasteiger partial charge in [0, 0.05) is 31.0 Å². The van der Waals surface area contributed by atoms with Crippen molar-refractivity contribution in [1.82, 2.24) is 4.90 Å². The van der Waals surface area contributed by atoms with Crippen LogP contribution in [0.3, 0.4) is 0 Å². The lowest BCUT2D eigenvalue weighted by molar-refractivity contribution is -0.117. The Labute approximate surface area is 155 Å². The molecule has 0 radical (unpaired) electrons. The molecule has 1 N–H and O–H groups in total. The molecular formula is C21H27N3O2. The Morgan fingerprint density at radius 3 is 2.42 bits per heavy atom. The van der Waals surface area contributed by atoms with Crippen LogP contribution < -0.4 is 10.2 Å². The molecule has 0 bridgehead atoms. The average molecular weight is 353 g/mol. The number of anilines is 2. The Kier molecular flexibility index (Phi) is 6.63. The average Bonchev–Trinajstić information content (AvgIpc) is 2.69. The normalized spacial score (nSPS) is 14.5. The van der Waals surface area contributed by atoms with Crippen LogP contribution in [0.15, 0.2) is 54.6 Å². The van der Waals surface area contributed by atoms with Crippen molar-refractivity contribution < 1.29 is 9.53 Å². The Morgan fingerprint density at radius 2 is 1.77 bits per heavy atom. The van der Waals surface area contributed by atoms with Gasteiger partial charge in [0.1, 0.15) is 0 Å². The van der Waals surface area contributed by atoms with Crippen LogP contribution in [0.5, 0.6) is 0 Å². The van der Waals surface area contributed by atoms with E-state index >= 15 is 0 Å². The fraction of sp³-hybridized carbons (Fsp3) is 0.381. The first kappa shape index (κ1) is 18.4. The number of hydrogen-bond donors (Lipinski definition) is 1. The molecule has 1 aliphatic heterocycles. The summed E-state index contributed by atoms with van der Waals surface area (Å²) >= 11 is 0. The van der Waals surface area contributed by atoms with Crippen LogP contribution in [0.2, 0.25) is 0 Å². The molecule has 5 nitrogen and oxygen atoms in total. The zero-order valence-corrected chi connectivity index (χ0v) is 15.4. The van der Waals surface area contributed by atoms with E-state index in [1.54, 1.807) is 0 Å². The molecule has 1 aliphatic rings. The third kappa shape index (κ3) is 5.31. The second-order valence-corrected chi connectivity index (χ2v) is 6.48. The largest absolute Gasteiger partial charge is 0.378 e. The highest BCUT2D eigenvalue weighted by molar-refractivity contribution is 5.92. The number of nitrogens with zero attached hydrogens (tertiary/aromatic N) is 2. The first-order valence-electron chi connectivity index (χ1n) is 9.23. The number of amides is 1. The van der Waals surface area contributed by atoms with E-state index < -0.39 is 0 Å². The maximum Gasteiger partial charge on any atom is 0.238 e. The zero-order chi connectivity index (χ0) is 18.2. The number of rotatable bonds is 7. The molecule has 1 fully saturated rings. The monoisotopic (exact) mass is 353 g/mol. The van der Waals surface area contributed by atoms with Gasteiger partial charge in [-0.3, -0.25) is 9.69 Å². The minimum absolute atomic E-state index is 0.0157. The summed E-state index contributed by atoms with van der Waals surface area (Å²) in [6, 6.07) is 18.3. The van der Waals surface area contributed by atoms with Crippen molar-refractivity contribution in [3.63, 3.8) is 0 Å². The molecule has 0 saturated carbocycles.